The SMILES string of the molecule is CCCCCCC/C=C\C/C=C\CCCCCCCCCCCCCCCCCC(=O)NC(COC1OC(CO)C(OC2OC(CO)C(OC3OC(CO)C(O)C(O)C3O)C(O)C2O)C(O)C1O)C(O)CCCCCCCCCCCCCCCCCCCCCCCCCCCCCCCCCC. The summed E-state index contributed by atoms with van der Waals surface area (Å²) in [7, 11) is 0. The van der Waals surface area contributed by atoms with Crippen LogP contribution in [0.2, 0.25) is 0 Å². The summed E-state index contributed by atoms with van der Waals surface area (Å²) in [4.78, 5) is 13.5. The number of aliphatic hydroxyl groups excluding tert-OH is 11. The summed E-state index contributed by atoms with van der Waals surface area (Å²) < 4.78 is 34.6. The molecule has 3 heterocycles. The molecule has 0 aromatic rings. The van der Waals surface area contributed by atoms with Gasteiger partial charge in [-0.1, -0.05) is 353 Å². The molecule has 17 unspecified atom stereocenters. The molecule has 3 aliphatic rings. The first-order valence-corrected chi connectivity index (χ1v) is 43.6. The van der Waals surface area contributed by atoms with Gasteiger partial charge in [0.1, 0.15) is 73.2 Å². The van der Waals surface area contributed by atoms with Crippen molar-refractivity contribution in [1.29, 1.82) is 0 Å². The highest BCUT2D eigenvalue weighted by Gasteiger charge is 2.54. The molecule has 104 heavy (non-hydrogen) atoms. The molecule has 12 N–H and O–H groups in total. The molecular weight excluding hydrogens is 1320 g/mol. The zero-order valence-electron chi connectivity index (χ0n) is 66.0. The molecule has 0 aliphatic carbocycles. The van der Waals surface area contributed by atoms with Crippen LogP contribution in [-0.2, 0) is 33.2 Å². The molecule has 3 aliphatic heterocycles. The minimum Gasteiger partial charge on any atom is -0.394 e. The number of carbonyl (C=O) groups is 1. The standard InChI is InChI=1S/C85H161NO18/c1-3-5-7-9-11-13-15-17-19-21-23-25-27-29-31-32-33-34-35-37-38-40-42-44-46-48-50-52-54-56-58-60-62-69(90)68(86-73(91)63-61-59-57-55-53-51-49-47-45-43-41-39-36-30-28-26-24-22-20-18-16-14-12-10-8-6-4-2)67-99-83-79(97)76(94)81(71(65-88)101-83)104-85-80(98)77(95)82(72(66-89)102-85)103-84-78(96)75(93)74(92)70(64-87)100-84/h16,18,22,24,68-72,74-85,87-90,92-98H,3-15,17,19-21,23,25-67H2,1-2H3,(H,86,91)/b18-16-,24-22-. The smallest absolute Gasteiger partial charge is 0.220 e. The quantitative estimate of drug-likeness (QED) is 0.0199. The lowest BCUT2D eigenvalue weighted by molar-refractivity contribution is -0.379. The van der Waals surface area contributed by atoms with Crippen LogP contribution in [0.1, 0.15) is 380 Å². The number of rotatable bonds is 71. The van der Waals surface area contributed by atoms with Gasteiger partial charge >= 0.3 is 0 Å². The van der Waals surface area contributed by atoms with Crippen molar-refractivity contribution in [2.45, 2.75) is 484 Å². The van der Waals surface area contributed by atoms with E-state index in [1.165, 1.54) is 295 Å². The predicted octanol–water partition coefficient (Wildman–Crippen LogP) is 15.7. The van der Waals surface area contributed by atoms with E-state index in [4.69, 9.17) is 28.4 Å². The largest absolute Gasteiger partial charge is 0.394 e. The molecule has 3 saturated heterocycles. The minimum atomic E-state index is -1.97. The first-order chi connectivity index (χ1) is 50.8. The van der Waals surface area contributed by atoms with Crippen LogP contribution in [0.15, 0.2) is 24.3 Å². The van der Waals surface area contributed by atoms with E-state index in [0.717, 1.165) is 51.4 Å². The number of hydrogen-bond donors (Lipinski definition) is 12. The fraction of sp³-hybridized carbons (Fsp3) is 0.941. The van der Waals surface area contributed by atoms with Gasteiger partial charge < -0.3 is 89.9 Å². The van der Waals surface area contributed by atoms with E-state index in [1.54, 1.807) is 0 Å². The lowest BCUT2D eigenvalue weighted by Crippen LogP contribution is -2.66. The van der Waals surface area contributed by atoms with Crippen molar-refractivity contribution in [2.75, 3.05) is 26.4 Å². The Kier molecular flexibility index (Phi) is 61.2. The summed E-state index contributed by atoms with van der Waals surface area (Å²) in [5.74, 6) is -0.236. The maximum Gasteiger partial charge on any atom is 0.220 e. The van der Waals surface area contributed by atoms with Gasteiger partial charge in [-0.2, -0.15) is 0 Å². The van der Waals surface area contributed by atoms with Crippen molar-refractivity contribution < 1.29 is 89.4 Å². The molecule has 19 heteroatoms. The van der Waals surface area contributed by atoms with Gasteiger partial charge in [-0.05, 0) is 44.9 Å². The van der Waals surface area contributed by atoms with Crippen LogP contribution in [0.3, 0.4) is 0 Å². The summed E-state index contributed by atoms with van der Waals surface area (Å²) in [5.41, 5.74) is 0. The van der Waals surface area contributed by atoms with Crippen molar-refractivity contribution in [2.24, 2.45) is 0 Å². The Morgan fingerprint density at radius 2 is 0.635 bits per heavy atom. The second-order valence-electron chi connectivity index (χ2n) is 31.4. The Morgan fingerprint density at radius 1 is 0.346 bits per heavy atom. The van der Waals surface area contributed by atoms with Crippen LogP contribution in [0.25, 0.3) is 0 Å². The summed E-state index contributed by atoms with van der Waals surface area (Å²) in [6.45, 7) is 1.86. The fourth-order valence-corrected chi connectivity index (χ4v) is 15.1. The van der Waals surface area contributed by atoms with Gasteiger partial charge in [0.2, 0.25) is 5.91 Å². The van der Waals surface area contributed by atoms with E-state index in [9.17, 15) is 61.0 Å². The van der Waals surface area contributed by atoms with Crippen molar-refractivity contribution >= 4 is 5.91 Å². The monoisotopic (exact) mass is 1480 g/mol. The van der Waals surface area contributed by atoms with Crippen LogP contribution < -0.4 is 5.32 Å². The molecule has 0 bridgehead atoms. The normalized spacial score (nSPS) is 26.0. The number of nitrogens with one attached hydrogen (secondary N) is 1. The number of carbonyl (C=O) groups excluding carboxylic acids is 1. The minimum absolute atomic E-state index is 0.236. The van der Waals surface area contributed by atoms with Gasteiger partial charge in [-0.15, -0.1) is 0 Å². The third kappa shape index (κ3) is 44.9. The topological polar surface area (TPSA) is 307 Å². The van der Waals surface area contributed by atoms with Crippen LogP contribution >= 0.6 is 0 Å². The lowest BCUT2D eigenvalue weighted by Gasteiger charge is -2.48. The molecular formula is C85H161NO18. The summed E-state index contributed by atoms with van der Waals surface area (Å²) in [6, 6.07) is -0.888. The van der Waals surface area contributed by atoms with Gasteiger partial charge in [0, 0.05) is 6.42 Å². The molecule has 0 radical (unpaired) electrons. The number of amides is 1. The molecule has 17 atom stereocenters. The first kappa shape index (κ1) is 96.5. The number of ether oxygens (including phenoxy) is 6. The summed E-state index contributed by atoms with van der Waals surface area (Å²) >= 11 is 0. The molecule has 0 aromatic carbocycles. The van der Waals surface area contributed by atoms with Crippen LogP contribution in [0, 0.1) is 0 Å². The zero-order chi connectivity index (χ0) is 75.3. The first-order valence-electron chi connectivity index (χ1n) is 43.6. The Labute approximate surface area is 632 Å². The number of unbranched alkanes of at least 4 members (excludes halogenated alkanes) is 51. The van der Waals surface area contributed by atoms with Crippen LogP contribution in [0.5, 0.6) is 0 Å². The molecule has 1 amide bonds. The number of allylic oxidation sites excluding steroid dienone is 4. The second-order valence-corrected chi connectivity index (χ2v) is 31.4. The lowest BCUT2D eigenvalue weighted by atomic mass is 9.96. The van der Waals surface area contributed by atoms with Gasteiger partial charge in [0.25, 0.3) is 0 Å². The predicted molar refractivity (Wildman–Crippen MR) is 416 cm³/mol. The molecule has 0 saturated carbocycles. The van der Waals surface area contributed by atoms with Crippen LogP contribution in [0.4, 0.5) is 0 Å². The molecule has 19 nitrogen and oxygen atoms in total. The molecule has 614 valence electrons. The Bertz CT molecular complexity index is 1970. The van der Waals surface area contributed by atoms with Gasteiger partial charge in [0.05, 0.1) is 38.6 Å². The fourth-order valence-electron chi connectivity index (χ4n) is 15.1. The van der Waals surface area contributed by atoms with E-state index in [-0.39, 0.29) is 18.9 Å². The third-order valence-electron chi connectivity index (χ3n) is 22.0. The van der Waals surface area contributed by atoms with E-state index < -0.39 is 124 Å². The highest BCUT2D eigenvalue weighted by atomic mass is 16.8. The van der Waals surface area contributed by atoms with Crippen molar-refractivity contribution in [3.8, 4) is 0 Å². The van der Waals surface area contributed by atoms with E-state index in [0.29, 0.717) is 12.8 Å². The summed E-state index contributed by atoms with van der Waals surface area (Å²) in [5, 5.41) is 121. The second kappa shape index (κ2) is 65.9. The molecule has 0 spiro atoms. The molecule has 3 fully saturated rings. The highest BCUT2D eigenvalue weighted by molar-refractivity contribution is 5.76. The maximum atomic E-state index is 13.5. The van der Waals surface area contributed by atoms with E-state index >= 15 is 0 Å². The van der Waals surface area contributed by atoms with Crippen LogP contribution in [-0.4, -0.2) is 193 Å². The zero-order valence-corrected chi connectivity index (χ0v) is 66.0. The molecule has 3 rings (SSSR count). The highest BCUT2D eigenvalue weighted by Crippen LogP contribution is 2.34. The Hall–Kier alpha value is -1.73. The van der Waals surface area contributed by atoms with Crippen molar-refractivity contribution in [3.63, 3.8) is 0 Å². The maximum absolute atomic E-state index is 13.5. The summed E-state index contributed by atoms with van der Waals surface area (Å²) in [6.07, 6.45) is 54.2. The Balaban J connectivity index is 1.34. The van der Waals surface area contributed by atoms with E-state index in [2.05, 4.69) is 43.5 Å². The van der Waals surface area contributed by atoms with Crippen molar-refractivity contribution in [1.82, 2.24) is 5.32 Å². The van der Waals surface area contributed by atoms with Gasteiger partial charge in [-0.25, -0.2) is 0 Å². The van der Waals surface area contributed by atoms with Gasteiger partial charge in [-0.3, -0.25) is 4.79 Å². The number of aliphatic hydroxyl groups is 11. The van der Waals surface area contributed by atoms with E-state index in [1.807, 2.05) is 0 Å². The number of hydrogen-bond acceptors (Lipinski definition) is 18. The third-order valence-corrected chi connectivity index (χ3v) is 22.0. The average molecular weight is 1490 g/mol. The Morgan fingerprint density at radius 3 is 0.981 bits per heavy atom. The van der Waals surface area contributed by atoms with Gasteiger partial charge in [0.15, 0.2) is 18.9 Å². The van der Waals surface area contributed by atoms with Crippen molar-refractivity contribution in [3.05, 3.63) is 24.3 Å². The molecule has 0 aromatic heterocycles. The average Bonchev–Trinajstić information content (AvgIpc) is 0.783.